The van der Waals surface area contributed by atoms with Gasteiger partial charge in [-0.2, -0.15) is 0 Å². The number of ether oxygens (including phenoxy) is 1. The maximum absolute atomic E-state index is 12.7. The van der Waals surface area contributed by atoms with Crippen LogP contribution in [0.4, 0.5) is 10.5 Å². The highest BCUT2D eigenvalue weighted by atomic mass is 16.5. The number of benzene rings is 2. The topological polar surface area (TPSA) is 84.7 Å². The third kappa shape index (κ3) is 3.76. The van der Waals surface area contributed by atoms with Crippen LogP contribution < -0.4 is 4.90 Å². The largest absolute Gasteiger partial charge is 0.466 e. The standard InChI is InChI=1S/C24H27N3O4/c1-4-31-23(28)18(16-8-6-5-7-9-16)14-21-25-22-17-11-10-15(2)27(24(29)30)19(17)12-13-20(22)26(21)3/h5-9,12-13,15,18H,4,10-11,14H2,1-3H3,(H,29,30)/t15-,18-/m0/s1. The van der Waals surface area contributed by atoms with Gasteiger partial charge >= 0.3 is 12.1 Å². The summed E-state index contributed by atoms with van der Waals surface area (Å²) in [5.41, 5.74) is 4.29. The fourth-order valence-corrected chi connectivity index (χ4v) is 4.47. The quantitative estimate of drug-likeness (QED) is 0.622. The SMILES string of the molecule is CCOC(=O)[C@@H](Cc1nc2c3c(ccc2n1C)N(C(=O)O)[C@@H](C)CC3)c1ccccc1. The Morgan fingerprint density at radius 1 is 1.23 bits per heavy atom. The Bertz CT molecular complexity index is 1120. The van der Waals surface area contributed by atoms with Crippen LogP contribution in [0, 0.1) is 0 Å². The van der Waals surface area contributed by atoms with E-state index in [4.69, 9.17) is 9.72 Å². The molecule has 7 heteroatoms. The first-order valence-electron chi connectivity index (χ1n) is 10.6. The summed E-state index contributed by atoms with van der Waals surface area (Å²) in [5.74, 6) is 0.0440. The van der Waals surface area contributed by atoms with Gasteiger partial charge in [-0.05, 0) is 44.4 Å². The number of imidazole rings is 1. The molecule has 3 aromatic rings. The van der Waals surface area contributed by atoms with Gasteiger partial charge in [-0.15, -0.1) is 0 Å². The lowest BCUT2D eigenvalue weighted by Gasteiger charge is -2.33. The summed E-state index contributed by atoms with van der Waals surface area (Å²) in [6.45, 7) is 4.05. The Hall–Kier alpha value is -3.35. The zero-order valence-corrected chi connectivity index (χ0v) is 18.0. The second-order valence-electron chi connectivity index (χ2n) is 7.98. The van der Waals surface area contributed by atoms with Crippen molar-refractivity contribution in [1.82, 2.24) is 9.55 Å². The molecule has 1 aromatic heterocycles. The average molecular weight is 421 g/mol. The van der Waals surface area contributed by atoms with E-state index in [2.05, 4.69) is 0 Å². The molecule has 2 heterocycles. The van der Waals surface area contributed by atoms with E-state index in [1.54, 1.807) is 6.92 Å². The molecule has 4 rings (SSSR count). The molecule has 2 aromatic carbocycles. The molecule has 1 N–H and O–H groups in total. The number of fused-ring (bicyclic) bond motifs is 3. The van der Waals surface area contributed by atoms with Gasteiger partial charge in [0.15, 0.2) is 0 Å². The monoisotopic (exact) mass is 421 g/mol. The van der Waals surface area contributed by atoms with Crippen LogP contribution in [0.1, 0.15) is 43.1 Å². The number of esters is 1. The van der Waals surface area contributed by atoms with Crippen LogP contribution in [0.5, 0.6) is 0 Å². The van der Waals surface area contributed by atoms with Crippen molar-refractivity contribution in [2.75, 3.05) is 11.5 Å². The molecule has 0 aliphatic carbocycles. The molecule has 162 valence electrons. The number of aromatic nitrogens is 2. The van der Waals surface area contributed by atoms with Crippen LogP contribution in [0.25, 0.3) is 11.0 Å². The first-order chi connectivity index (χ1) is 14.9. The van der Waals surface area contributed by atoms with E-state index in [1.165, 1.54) is 4.90 Å². The Labute approximate surface area is 181 Å². The molecule has 0 bridgehead atoms. The van der Waals surface area contributed by atoms with Crippen LogP contribution in [0.15, 0.2) is 42.5 Å². The van der Waals surface area contributed by atoms with E-state index >= 15 is 0 Å². The fourth-order valence-electron chi connectivity index (χ4n) is 4.47. The summed E-state index contributed by atoms with van der Waals surface area (Å²) in [6.07, 6.45) is 0.978. The third-order valence-electron chi connectivity index (χ3n) is 6.10. The smallest absolute Gasteiger partial charge is 0.412 e. The molecule has 0 saturated heterocycles. The van der Waals surface area contributed by atoms with Gasteiger partial charge in [0.25, 0.3) is 0 Å². The van der Waals surface area contributed by atoms with Crippen LogP contribution >= 0.6 is 0 Å². The van der Waals surface area contributed by atoms with Gasteiger partial charge in [-0.1, -0.05) is 30.3 Å². The Morgan fingerprint density at radius 3 is 2.65 bits per heavy atom. The second-order valence-corrected chi connectivity index (χ2v) is 7.98. The molecule has 1 amide bonds. The molecule has 31 heavy (non-hydrogen) atoms. The van der Waals surface area contributed by atoms with E-state index in [0.717, 1.165) is 40.8 Å². The summed E-state index contributed by atoms with van der Waals surface area (Å²) in [6, 6.07) is 13.3. The molecular formula is C24H27N3O4. The van der Waals surface area contributed by atoms with Gasteiger partial charge in [-0.3, -0.25) is 9.69 Å². The number of carbonyl (C=O) groups excluding carboxylic acids is 1. The second kappa shape index (κ2) is 8.41. The van der Waals surface area contributed by atoms with Gasteiger partial charge in [0.1, 0.15) is 5.82 Å². The minimum absolute atomic E-state index is 0.0723. The van der Waals surface area contributed by atoms with E-state index in [-0.39, 0.29) is 12.0 Å². The van der Waals surface area contributed by atoms with Crippen molar-refractivity contribution in [3.63, 3.8) is 0 Å². The Kier molecular flexibility index (Phi) is 5.67. The highest BCUT2D eigenvalue weighted by Crippen LogP contribution is 2.36. The van der Waals surface area contributed by atoms with Crippen LogP contribution in [0.3, 0.4) is 0 Å². The summed E-state index contributed by atoms with van der Waals surface area (Å²) in [4.78, 5) is 30.9. The summed E-state index contributed by atoms with van der Waals surface area (Å²) >= 11 is 0. The Morgan fingerprint density at radius 2 is 1.97 bits per heavy atom. The van der Waals surface area contributed by atoms with Crippen molar-refractivity contribution in [1.29, 1.82) is 0 Å². The lowest BCUT2D eigenvalue weighted by Crippen LogP contribution is -2.41. The average Bonchev–Trinajstić information content (AvgIpc) is 3.07. The maximum atomic E-state index is 12.7. The van der Waals surface area contributed by atoms with E-state index < -0.39 is 12.0 Å². The van der Waals surface area contributed by atoms with Crippen LogP contribution in [-0.2, 0) is 29.4 Å². The molecule has 0 radical (unpaired) electrons. The molecule has 2 atom stereocenters. The minimum atomic E-state index is -0.949. The number of nitrogens with zero attached hydrogens (tertiary/aromatic N) is 3. The molecule has 0 unspecified atom stereocenters. The zero-order chi connectivity index (χ0) is 22.1. The van der Waals surface area contributed by atoms with Crippen LogP contribution in [-0.4, -0.2) is 39.4 Å². The number of rotatable bonds is 5. The third-order valence-corrected chi connectivity index (χ3v) is 6.10. The van der Waals surface area contributed by atoms with Gasteiger partial charge in [0.05, 0.1) is 29.2 Å². The number of anilines is 1. The molecule has 0 spiro atoms. The highest BCUT2D eigenvalue weighted by molar-refractivity contribution is 5.94. The molecule has 7 nitrogen and oxygen atoms in total. The van der Waals surface area contributed by atoms with Crippen molar-refractivity contribution in [3.05, 3.63) is 59.4 Å². The Balaban J connectivity index is 1.77. The van der Waals surface area contributed by atoms with Crippen molar-refractivity contribution in [2.45, 2.75) is 45.1 Å². The van der Waals surface area contributed by atoms with Gasteiger partial charge in [0.2, 0.25) is 0 Å². The van der Waals surface area contributed by atoms with Gasteiger partial charge in [0, 0.05) is 25.1 Å². The number of aryl methyl sites for hydroxylation is 2. The van der Waals surface area contributed by atoms with Gasteiger partial charge < -0.3 is 14.4 Å². The van der Waals surface area contributed by atoms with Crippen molar-refractivity contribution in [2.24, 2.45) is 7.05 Å². The normalized spacial score (nSPS) is 16.7. The van der Waals surface area contributed by atoms with Crippen molar-refractivity contribution in [3.8, 4) is 0 Å². The maximum Gasteiger partial charge on any atom is 0.412 e. The fraction of sp³-hybridized carbons (Fsp3) is 0.375. The predicted molar refractivity (Wildman–Crippen MR) is 119 cm³/mol. The number of hydrogen-bond donors (Lipinski definition) is 1. The van der Waals surface area contributed by atoms with Crippen LogP contribution in [0.2, 0.25) is 0 Å². The predicted octanol–water partition coefficient (Wildman–Crippen LogP) is 4.28. The van der Waals surface area contributed by atoms with Gasteiger partial charge in [-0.25, -0.2) is 9.78 Å². The summed E-state index contributed by atoms with van der Waals surface area (Å²) in [7, 11) is 1.94. The molecule has 1 aliphatic rings. The number of carboxylic acid groups (broad SMARTS) is 1. The zero-order valence-electron chi connectivity index (χ0n) is 18.0. The first-order valence-corrected chi connectivity index (χ1v) is 10.6. The first kappa shape index (κ1) is 20.9. The van der Waals surface area contributed by atoms with Crippen molar-refractivity contribution >= 4 is 28.8 Å². The van der Waals surface area contributed by atoms with E-state index in [1.807, 2.05) is 61.0 Å². The van der Waals surface area contributed by atoms with E-state index in [9.17, 15) is 14.7 Å². The molecule has 0 fully saturated rings. The number of amides is 1. The van der Waals surface area contributed by atoms with E-state index in [0.29, 0.717) is 18.7 Å². The molecule has 0 saturated carbocycles. The minimum Gasteiger partial charge on any atom is -0.466 e. The summed E-state index contributed by atoms with van der Waals surface area (Å²) in [5, 5.41) is 9.69. The molecule has 1 aliphatic heterocycles. The number of carbonyl (C=O) groups is 2. The number of hydrogen-bond acceptors (Lipinski definition) is 4. The lowest BCUT2D eigenvalue weighted by molar-refractivity contribution is -0.145. The molecular weight excluding hydrogens is 394 g/mol. The summed E-state index contributed by atoms with van der Waals surface area (Å²) < 4.78 is 7.33. The van der Waals surface area contributed by atoms with Crippen molar-refractivity contribution < 1.29 is 19.4 Å². The highest BCUT2D eigenvalue weighted by Gasteiger charge is 2.31. The lowest BCUT2D eigenvalue weighted by atomic mass is 9.95.